The molecule has 2 rings (SSSR count). The van der Waals surface area contributed by atoms with Crippen molar-refractivity contribution >= 4 is 11.5 Å². The van der Waals surface area contributed by atoms with E-state index in [9.17, 15) is 0 Å². The average molecular weight is 261 g/mol. The van der Waals surface area contributed by atoms with Crippen molar-refractivity contribution in [3.63, 3.8) is 0 Å². The van der Waals surface area contributed by atoms with Gasteiger partial charge in [0.25, 0.3) is 0 Å². The van der Waals surface area contributed by atoms with Gasteiger partial charge in [-0.3, -0.25) is 0 Å². The minimum Gasteiger partial charge on any atom is -0.381 e. The summed E-state index contributed by atoms with van der Waals surface area (Å²) in [6, 6.07) is 4.92. The minimum absolute atomic E-state index is 0.620. The number of pyridine rings is 1. The lowest BCUT2D eigenvalue weighted by atomic mass is 9.86. The number of rotatable bonds is 5. The molecule has 1 heterocycles. The summed E-state index contributed by atoms with van der Waals surface area (Å²) in [5, 5.41) is 3.65. The van der Waals surface area contributed by atoms with Crippen molar-refractivity contribution in [3.05, 3.63) is 18.3 Å². The third kappa shape index (κ3) is 3.62. The Morgan fingerprint density at radius 1 is 1.21 bits per heavy atom. The summed E-state index contributed by atoms with van der Waals surface area (Å²) in [4.78, 5) is 6.85. The predicted octanol–water partition coefficient (Wildman–Crippen LogP) is 3.92. The van der Waals surface area contributed by atoms with Crippen LogP contribution >= 0.6 is 0 Å². The summed E-state index contributed by atoms with van der Waals surface area (Å²) in [5.74, 6) is 1.85. The van der Waals surface area contributed by atoms with E-state index in [1.165, 1.54) is 25.7 Å². The first-order chi connectivity index (χ1) is 9.24. The third-order valence-electron chi connectivity index (χ3n) is 4.30. The summed E-state index contributed by atoms with van der Waals surface area (Å²) < 4.78 is 0. The van der Waals surface area contributed by atoms with Crippen LogP contribution in [0.5, 0.6) is 0 Å². The Balaban J connectivity index is 1.98. The van der Waals surface area contributed by atoms with Gasteiger partial charge in [-0.2, -0.15) is 0 Å². The maximum Gasteiger partial charge on any atom is 0.128 e. The van der Waals surface area contributed by atoms with E-state index in [1.807, 2.05) is 6.20 Å². The van der Waals surface area contributed by atoms with Crippen molar-refractivity contribution in [3.8, 4) is 0 Å². The van der Waals surface area contributed by atoms with Crippen LogP contribution in [0.25, 0.3) is 0 Å². The monoisotopic (exact) mass is 261 g/mol. The van der Waals surface area contributed by atoms with Gasteiger partial charge < -0.3 is 10.2 Å². The Morgan fingerprint density at radius 3 is 2.53 bits per heavy atom. The second-order valence-corrected chi connectivity index (χ2v) is 5.59. The Hall–Kier alpha value is -1.25. The maximum absolute atomic E-state index is 4.57. The molecule has 0 aliphatic heterocycles. The van der Waals surface area contributed by atoms with Gasteiger partial charge in [0.15, 0.2) is 0 Å². The number of nitrogens with one attached hydrogen (secondary N) is 1. The van der Waals surface area contributed by atoms with Crippen LogP contribution in [0.15, 0.2) is 18.3 Å². The van der Waals surface area contributed by atoms with Gasteiger partial charge in [-0.1, -0.05) is 19.8 Å². The molecule has 1 fully saturated rings. The lowest BCUT2D eigenvalue weighted by Gasteiger charge is -2.30. The first-order valence-electron chi connectivity index (χ1n) is 7.72. The zero-order valence-electron chi connectivity index (χ0n) is 12.5. The molecule has 1 aliphatic rings. The molecule has 106 valence electrons. The fourth-order valence-electron chi connectivity index (χ4n) is 2.95. The highest BCUT2D eigenvalue weighted by Gasteiger charge is 2.20. The number of anilines is 2. The van der Waals surface area contributed by atoms with E-state index in [2.05, 4.69) is 48.1 Å². The second-order valence-electron chi connectivity index (χ2n) is 5.59. The van der Waals surface area contributed by atoms with Gasteiger partial charge in [-0.15, -0.1) is 0 Å². The van der Waals surface area contributed by atoms with Gasteiger partial charge in [0.05, 0.1) is 11.9 Å². The van der Waals surface area contributed by atoms with Crippen LogP contribution in [0, 0.1) is 5.92 Å². The molecule has 1 saturated carbocycles. The summed E-state index contributed by atoms with van der Waals surface area (Å²) in [6.45, 7) is 8.71. The van der Waals surface area contributed by atoms with Crippen molar-refractivity contribution < 1.29 is 0 Å². The first kappa shape index (κ1) is 14.2. The van der Waals surface area contributed by atoms with Crippen molar-refractivity contribution in [1.82, 2.24) is 4.98 Å². The molecule has 0 aromatic carbocycles. The molecule has 0 saturated heterocycles. The summed E-state index contributed by atoms with van der Waals surface area (Å²) in [5.41, 5.74) is 1.16. The average Bonchev–Trinajstić information content (AvgIpc) is 2.44. The van der Waals surface area contributed by atoms with E-state index in [4.69, 9.17) is 0 Å². The molecule has 3 nitrogen and oxygen atoms in total. The lowest BCUT2D eigenvalue weighted by molar-refractivity contribution is 0.349. The molecule has 2 unspecified atom stereocenters. The van der Waals surface area contributed by atoms with Crippen LogP contribution in [0.4, 0.5) is 11.5 Å². The van der Waals surface area contributed by atoms with Crippen LogP contribution in [-0.2, 0) is 0 Å². The maximum atomic E-state index is 4.57. The van der Waals surface area contributed by atoms with Crippen LogP contribution in [0.3, 0.4) is 0 Å². The van der Waals surface area contributed by atoms with Crippen LogP contribution in [0.1, 0.15) is 46.5 Å². The number of aromatic nitrogens is 1. The largest absolute Gasteiger partial charge is 0.381 e. The van der Waals surface area contributed by atoms with E-state index < -0.39 is 0 Å². The lowest BCUT2D eigenvalue weighted by Crippen LogP contribution is -2.30. The van der Waals surface area contributed by atoms with E-state index >= 15 is 0 Å². The summed E-state index contributed by atoms with van der Waals surface area (Å²) >= 11 is 0. The molecule has 3 heteroatoms. The molecule has 0 radical (unpaired) electrons. The molecule has 0 bridgehead atoms. The van der Waals surface area contributed by atoms with E-state index in [0.717, 1.165) is 30.5 Å². The highest BCUT2D eigenvalue weighted by Crippen LogP contribution is 2.27. The van der Waals surface area contributed by atoms with Crippen molar-refractivity contribution in [2.75, 3.05) is 23.3 Å². The fraction of sp³-hybridized carbons (Fsp3) is 0.688. The molecule has 19 heavy (non-hydrogen) atoms. The predicted molar refractivity (Wildman–Crippen MR) is 82.8 cm³/mol. The molecule has 1 aliphatic carbocycles. The molecule has 2 atom stereocenters. The minimum atomic E-state index is 0.620. The van der Waals surface area contributed by atoms with E-state index in [1.54, 1.807) is 0 Å². The molecular weight excluding hydrogens is 234 g/mol. The van der Waals surface area contributed by atoms with Crippen LogP contribution in [0.2, 0.25) is 0 Å². The van der Waals surface area contributed by atoms with Crippen LogP contribution < -0.4 is 10.2 Å². The third-order valence-corrected chi connectivity index (χ3v) is 4.30. The van der Waals surface area contributed by atoms with Gasteiger partial charge in [-0.05, 0) is 44.7 Å². The van der Waals surface area contributed by atoms with Crippen molar-refractivity contribution in [2.45, 2.75) is 52.5 Å². The van der Waals surface area contributed by atoms with Crippen molar-refractivity contribution in [1.29, 1.82) is 0 Å². The van der Waals surface area contributed by atoms with Crippen LogP contribution in [-0.4, -0.2) is 24.1 Å². The zero-order chi connectivity index (χ0) is 13.7. The van der Waals surface area contributed by atoms with Gasteiger partial charge in [0.2, 0.25) is 0 Å². The topological polar surface area (TPSA) is 28.2 Å². The molecule has 0 spiro atoms. The summed E-state index contributed by atoms with van der Waals surface area (Å²) in [7, 11) is 0. The normalized spacial score (nSPS) is 23.1. The number of hydrogen-bond donors (Lipinski definition) is 1. The first-order valence-corrected chi connectivity index (χ1v) is 7.72. The number of nitrogens with zero attached hydrogens (tertiary/aromatic N) is 2. The van der Waals surface area contributed by atoms with Crippen molar-refractivity contribution in [2.24, 2.45) is 5.92 Å². The van der Waals surface area contributed by atoms with E-state index in [-0.39, 0.29) is 0 Å². The number of hydrogen-bond acceptors (Lipinski definition) is 3. The molecule has 0 amide bonds. The zero-order valence-corrected chi connectivity index (χ0v) is 12.5. The van der Waals surface area contributed by atoms with E-state index in [0.29, 0.717) is 6.04 Å². The standard InChI is InChI=1S/C16H27N3/c1-4-19(5-2)16-11-10-14(12-17-16)18-15-9-7-6-8-13(15)3/h10-13,15,18H,4-9H2,1-3H3. The smallest absolute Gasteiger partial charge is 0.128 e. The quantitative estimate of drug-likeness (QED) is 0.870. The highest BCUT2D eigenvalue weighted by molar-refractivity contribution is 5.49. The Morgan fingerprint density at radius 2 is 1.95 bits per heavy atom. The van der Waals surface area contributed by atoms with Gasteiger partial charge in [0.1, 0.15) is 5.82 Å². The summed E-state index contributed by atoms with van der Waals surface area (Å²) in [6.07, 6.45) is 7.36. The molecular formula is C16H27N3. The van der Waals surface area contributed by atoms with Gasteiger partial charge in [0, 0.05) is 19.1 Å². The Bertz CT molecular complexity index is 370. The SMILES string of the molecule is CCN(CC)c1ccc(NC2CCCCC2C)cn1. The molecule has 1 aromatic heterocycles. The van der Waals surface area contributed by atoms with Gasteiger partial charge in [-0.25, -0.2) is 4.98 Å². The Kier molecular flexibility index (Phi) is 5.06. The highest BCUT2D eigenvalue weighted by atomic mass is 15.2. The Labute approximate surface area is 117 Å². The fourth-order valence-corrected chi connectivity index (χ4v) is 2.95. The molecule has 1 N–H and O–H groups in total. The van der Waals surface area contributed by atoms with Gasteiger partial charge >= 0.3 is 0 Å². The second kappa shape index (κ2) is 6.78. The molecule has 1 aromatic rings.